The van der Waals surface area contributed by atoms with Crippen molar-refractivity contribution in [3.63, 3.8) is 0 Å². The molecule has 2 unspecified atom stereocenters. The third-order valence-electron chi connectivity index (χ3n) is 3.77. The SMILES string of the molecule is CCC(CC)N1C(=O)CC(NC(C)C(=O)NC(C)C)C1=O. The second kappa shape index (κ2) is 7.54. The maximum absolute atomic E-state index is 12.4. The van der Waals surface area contributed by atoms with Gasteiger partial charge in [0.05, 0.1) is 18.5 Å². The Bertz CT molecular complexity index is 405. The van der Waals surface area contributed by atoms with E-state index >= 15 is 0 Å². The molecule has 120 valence electrons. The van der Waals surface area contributed by atoms with Crippen molar-refractivity contribution < 1.29 is 14.4 Å². The van der Waals surface area contributed by atoms with Gasteiger partial charge in [-0.1, -0.05) is 13.8 Å². The van der Waals surface area contributed by atoms with Crippen LogP contribution in [0.15, 0.2) is 0 Å². The fraction of sp³-hybridized carbons (Fsp3) is 0.800. The van der Waals surface area contributed by atoms with Crippen molar-refractivity contribution in [1.82, 2.24) is 15.5 Å². The highest BCUT2D eigenvalue weighted by molar-refractivity contribution is 6.06. The quantitative estimate of drug-likeness (QED) is 0.682. The van der Waals surface area contributed by atoms with Gasteiger partial charge in [0.15, 0.2) is 0 Å². The van der Waals surface area contributed by atoms with Gasteiger partial charge in [-0.2, -0.15) is 0 Å². The molecule has 6 nitrogen and oxygen atoms in total. The molecule has 0 saturated carbocycles. The lowest BCUT2D eigenvalue weighted by atomic mass is 10.1. The van der Waals surface area contributed by atoms with Gasteiger partial charge in [-0.3, -0.25) is 24.6 Å². The maximum atomic E-state index is 12.4. The number of amides is 3. The molecule has 0 aromatic heterocycles. The lowest BCUT2D eigenvalue weighted by Gasteiger charge is -2.25. The number of rotatable bonds is 7. The smallest absolute Gasteiger partial charge is 0.247 e. The average Bonchev–Trinajstić information content (AvgIpc) is 2.67. The first-order valence-corrected chi connectivity index (χ1v) is 7.74. The third kappa shape index (κ3) is 4.27. The minimum atomic E-state index is -0.592. The zero-order valence-corrected chi connectivity index (χ0v) is 13.6. The second-order valence-electron chi connectivity index (χ2n) is 5.88. The van der Waals surface area contributed by atoms with E-state index in [1.165, 1.54) is 4.90 Å². The Morgan fingerprint density at radius 2 is 1.81 bits per heavy atom. The minimum Gasteiger partial charge on any atom is -0.353 e. The molecule has 1 aliphatic rings. The molecule has 1 rings (SSSR count). The number of carbonyl (C=O) groups is 3. The molecule has 2 N–H and O–H groups in total. The summed E-state index contributed by atoms with van der Waals surface area (Å²) in [4.78, 5) is 37.7. The molecule has 1 fully saturated rings. The summed E-state index contributed by atoms with van der Waals surface area (Å²) in [7, 11) is 0. The number of imide groups is 1. The Morgan fingerprint density at radius 3 is 2.29 bits per heavy atom. The monoisotopic (exact) mass is 297 g/mol. The van der Waals surface area contributed by atoms with Crippen LogP contribution in [0.4, 0.5) is 0 Å². The summed E-state index contributed by atoms with van der Waals surface area (Å²) < 4.78 is 0. The third-order valence-corrected chi connectivity index (χ3v) is 3.77. The van der Waals surface area contributed by atoms with Crippen molar-refractivity contribution in [2.24, 2.45) is 0 Å². The average molecular weight is 297 g/mol. The fourth-order valence-corrected chi connectivity index (χ4v) is 2.61. The van der Waals surface area contributed by atoms with Crippen molar-refractivity contribution in [2.75, 3.05) is 0 Å². The number of hydrogen-bond donors (Lipinski definition) is 2. The van der Waals surface area contributed by atoms with Crippen LogP contribution in [0.2, 0.25) is 0 Å². The summed E-state index contributed by atoms with van der Waals surface area (Å²) in [6.07, 6.45) is 1.64. The van der Waals surface area contributed by atoms with Crippen LogP contribution < -0.4 is 10.6 Å². The number of carbonyl (C=O) groups excluding carboxylic acids is 3. The molecular formula is C15H27N3O3. The van der Waals surface area contributed by atoms with E-state index in [4.69, 9.17) is 0 Å². The largest absolute Gasteiger partial charge is 0.353 e. The van der Waals surface area contributed by atoms with Gasteiger partial charge < -0.3 is 5.32 Å². The number of nitrogens with zero attached hydrogens (tertiary/aromatic N) is 1. The van der Waals surface area contributed by atoms with E-state index in [0.717, 1.165) is 12.8 Å². The summed E-state index contributed by atoms with van der Waals surface area (Å²) in [5, 5.41) is 5.76. The van der Waals surface area contributed by atoms with Gasteiger partial charge in [0, 0.05) is 12.1 Å². The highest BCUT2D eigenvalue weighted by atomic mass is 16.2. The van der Waals surface area contributed by atoms with Crippen LogP contribution in [0, 0.1) is 0 Å². The van der Waals surface area contributed by atoms with Gasteiger partial charge in [0.25, 0.3) is 0 Å². The molecule has 2 atom stereocenters. The fourth-order valence-electron chi connectivity index (χ4n) is 2.61. The van der Waals surface area contributed by atoms with Crippen LogP contribution in [0.25, 0.3) is 0 Å². The van der Waals surface area contributed by atoms with E-state index in [1.54, 1.807) is 6.92 Å². The van der Waals surface area contributed by atoms with Crippen molar-refractivity contribution in [1.29, 1.82) is 0 Å². The Labute approximate surface area is 126 Å². The molecule has 1 saturated heterocycles. The molecule has 1 heterocycles. The molecule has 0 aromatic rings. The molecule has 3 amide bonds. The Hall–Kier alpha value is -1.43. The highest BCUT2D eigenvalue weighted by Crippen LogP contribution is 2.20. The van der Waals surface area contributed by atoms with E-state index in [9.17, 15) is 14.4 Å². The van der Waals surface area contributed by atoms with Crippen molar-refractivity contribution in [3.05, 3.63) is 0 Å². The first-order valence-electron chi connectivity index (χ1n) is 7.74. The predicted molar refractivity (Wildman–Crippen MR) is 80.5 cm³/mol. The summed E-state index contributed by atoms with van der Waals surface area (Å²) >= 11 is 0. The Kier molecular flexibility index (Phi) is 6.33. The van der Waals surface area contributed by atoms with Crippen LogP contribution in [0.3, 0.4) is 0 Å². The zero-order chi connectivity index (χ0) is 16.2. The van der Waals surface area contributed by atoms with Crippen molar-refractivity contribution >= 4 is 17.7 Å². The van der Waals surface area contributed by atoms with Gasteiger partial charge in [0.1, 0.15) is 0 Å². The van der Waals surface area contributed by atoms with Crippen LogP contribution in [-0.2, 0) is 14.4 Å². The van der Waals surface area contributed by atoms with Crippen LogP contribution in [0.1, 0.15) is 53.9 Å². The number of nitrogens with one attached hydrogen (secondary N) is 2. The molecule has 0 spiro atoms. The lowest BCUT2D eigenvalue weighted by Crippen LogP contribution is -2.51. The summed E-state index contributed by atoms with van der Waals surface area (Å²) in [6, 6.07) is -1.10. The van der Waals surface area contributed by atoms with Gasteiger partial charge in [-0.25, -0.2) is 0 Å². The number of hydrogen-bond acceptors (Lipinski definition) is 4. The number of likely N-dealkylation sites (tertiary alicyclic amines) is 1. The molecule has 1 aliphatic heterocycles. The second-order valence-corrected chi connectivity index (χ2v) is 5.88. The molecule has 0 aromatic carbocycles. The van der Waals surface area contributed by atoms with Crippen LogP contribution in [0.5, 0.6) is 0 Å². The van der Waals surface area contributed by atoms with Crippen molar-refractivity contribution in [2.45, 2.75) is 78.0 Å². The lowest BCUT2D eigenvalue weighted by molar-refractivity contribution is -0.141. The summed E-state index contributed by atoms with van der Waals surface area (Å²) in [5.74, 6) is -0.521. The van der Waals surface area contributed by atoms with E-state index in [-0.39, 0.29) is 36.2 Å². The van der Waals surface area contributed by atoms with Crippen LogP contribution in [-0.4, -0.2) is 46.8 Å². The van der Waals surface area contributed by atoms with Crippen molar-refractivity contribution in [3.8, 4) is 0 Å². The standard InChI is InChI=1S/C15H27N3O3/c1-6-11(7-2)18-13(19)8-12(15(18)21)17-10(5)14(20)16-9(3)4/h9-12,17H,6-8H2,1-5H3,(H,16,20). The molecule has 0 aliphatic carbocycles. The van der Waals surface area contributed by atoms with E-state index in [1.807, 2.05) is 27.7 Å². The predicted octanol–water partition coefficient (Wildman–Crippen LogP) is 0.805. The van der Waals surface area contributed by atoms with E-state index < -0.39 is 12.1 Å². The van der Waals surface area contributed by atoms with E-state index in [0.29, 0.717) is 0 Å². The summed E-state index contributed by atoms with van der Waals surface area (Å²) in [6.45, 7) is 9.39. The molecular weight excluding hydrogens is 270 g/mol. The Morgan fingerprint density at radius 1 is 1.24 bits per heavy atom. The van der Waals surface area contributed by atoms with Gasteiger partial charge in [-0.15, -0.1) is 0 Å². The molecule has 6 heteroatoms. The Balaban J connectivity index is 2.68. The topological polar surface area (TPSA) is 78.5 Å². The first kappa shape index (κ1) is 17.6. The molecule has 0 bridgehead atoms. The van der Waals surface area contributed by atoms with Crippen LogP contribution >= 0.6 is 0 Å². The van der Waals surface area contributed by atoms with Gasteiger partial charge in [-0.05, 0) is 33.6 Å². The molecule has 21 heavy (non-hydrogen) atoms. The first-order chi connectivity index (χ1) is 9.81. The highest BCUT2D eigenvalue weighted by Gasteiger charge is 2.42. The van der Waals surface area contributed by atoms with Gasteiger partial charge in [0.2, 0.25) is 17.7 Å². The minimum absolute atomic E-state index is 0.0448. The maximum Gasteiger partial charge on any atom is 0.247 e. The molecule has 0 radical (unpaired) electrons. The van der Waals surface area contributed by atoms with Gasteiger partial charge >= 0.3 is 0 Å². The summed E-state index contributed by atoms with van der Waals surface area (Å²) in [5.41, 5.74) is 0. The normalized spacial score (nSPS) is 20.5. The van der Waals surface area contributed by atoms with E-state index in [2.05, 4.69) is 10.6 Å². The zero-order valence-electron chi connectivity index (χ0n) is 13.6.